The van der Waals surface area contributed by atoms with Gasteiger partial charge in [-0.25, -0.2) is 0 Å². The molecule has 5 heteroatoms. The fourth-order valence-electron chi connectivity index (χ4n) is 2.96. The number of carbonyl (C=O) groups excluding carboxylic acids is 1. The molecule has 1 aliphatic heterocycles. The highest BCUT2D eigenvalue weighted by Crippen LogP contribution is 2.18. The van der Waals surface area contributed by atoms with E-state index < -0.39 is 0 Å². The maximum Gasteiger partial charge on any atom is 0.270 e. The minimum absolute atomic E-state index is 0.0130. The second kappa shape index (κ2) is 6.67. The van der Waals surface area contributed by atoms with Gasteiger partial charge in [-0.15, -0.1) is 0 Å². The molecular formula is C18H19N3O2. The van der Waals surface area contributed by atoms with Crippen LogP contribution < -0.4 is 0 Å². The largest absolute Gasteiger partial charge is 0.377 e. The summed E-state index contributed by atoms with van der Waals surface area (Å²) in [5.41, 5.74) is 2.23. The van der Waals surface area contributed by atoms with E-state index in [1.807, 2.05) is 23.1 Å². The Morgan fingerprint density at radius 1 is 1.39 bits per heavy atom. The number of nitriles is 1. The molecule has 0 N–H and O–H groups in total. The fraction of sp³-hybridized carbons (Fsp3) is 0.333. The lowest BCUT2D eigenvalue weighted by Crippen LogP contribution is -2.50. The van der Waals surface area contributed by atoms with Crippen molar-refractivity contribution < 1.29 is 9.53 Å². The van der Waals surface area contributed by atoms with Gasteiger partial charge in [-0.05, 0) is 18.1 Å². The average Bonchev–Trinajstić information content (AvgIpc) is 2.97. The molecule has 0 saturated carbocycles. The molecule has 0 radical (unpaired) electrons. The van der Waals surface area contributed by atoms with Crippen LogP contribution in [0.15, 0.2) is 42.6 Å². The van der Waals surface area contributed by atoms with E-state index in [0.717, 1.165) is 6.42 Å². The van der Waals surface area contributed by atoms with Gasteiger partial charge in [0, 0.05) is 19.8 Å². The van der Waals surface area contributed by atoms with Crippen molar-refractivity contribution >= 4 is 5.91 Å². The molecule has 1 aliphatic rings. The number of hydrogen-bond donors (Lipinski definition) is 0. The number of aromatic nitrogens is 1. The predicted molar refractivity (Wildman–Crippen MR) is 85.9 cm³/mol. The van der Waals surface area contributed by atoms with Gasteiger partial charge in [0.25, 0.3) is 5.91 Å². The van der Waals surface area contributed by atoms with Gasteiger partial charge in [0.15, 0.2) is 0 Å². The summed E-state index contributed by atoms with van der Waals surface area (Å²) in [5.74, 6) is -0.0433. The number of aryl methyl sites for hydroxylation is 1. The van der Waals surface area contributed by atoms with Crippen LogP contribution in [0.1, 0.15) is 21.6 Å². The van der Waals surface area contributed by atoms with Crippen LogP contribution in [0.4, 0.5) is 0 Å². The molecule has 1 aromatic carbocycles. The van der Waals surface area contributed by atoms with Gasteiger partial charge in [0.2, 0.25) is 0 Å². The minimum atomic E-state index is -0.0433. The maximum absolute atomic E-state index is 12.9. The first kappa shape index (κ1) is 15.3. The molecule has 1 amide bonds. The van der Waals surface area contributed by atoms with Gasteiger partial charge >= 0.3 is 0 Å². The van der Waals surface area contributed by atoms with Crippen molar-refractivity contribution in [3.05, 3.63) is 59.4 Å². The number of amides is 1. The van der Waals surface area contributed by atoms with Crippen LogP contribution in [-0.4, -0.2) is 41.2 Å². The molecule has 1 atom stereocenters. The molecule has 1 saturated heterocycles. The molecule has 23 heavy (non-hydrogen) atoms. The third kappa shape index (κ3) is 3.27. The van der Waals surface area contributed by atoms with E-state index in [-0.39, 0.29) is 11.9 Å². The number of ether oxygens (including phenoxy) is 1. The fourth-order valence-corrected chi connectivity index (χ4v) is 2.96. The first-order chi connectivity index (χ1) is 11.2. The molecule has 2 heterocycles. The summed E-state index contributed by atoms with van der Waals surface area (Å²) >= 11 is 0. The Kier molecular flexibility index (Phi) is 4.45. The molecule has 3 rings (SSSR count). The van der Waals surface area contributed by atoms with Crippen molar-refractivity contribution in [2.75, 3.05) is 19.8 Å². The second-order valence-electron chi connectivity index (χ2n) is 5.75. The summed E-state index contributed by atoms with van der Waals surface area (Å²) in [7, 11) is 1.79. The van der Waals surface area contributed by atoms with Gasteiger partial charge in [-0.1, -0.05) is 30.3 Å². The van der Waals surface area contributed by atoms with Crippen LogP contribution in [0.2, 0.25) is 0 Å². The maximum atomic E-state index is 12.9. The van der Waals surface area contributed by atoms with Crippen molar-refractivity contribution in [3.8, 4) is 6.07 Å². The number of carbonyl (C=O) groups is 1. The van der Waals surface area contributed by atoms with E-state index in [1.54, 1.807) is 23.9 Å². The molecule has 0 aliphatic carbocycles. The van der Waals surface area contributed by atoms with Crippen molar-refractivity contribution in [2.24, 2.45) is 7.05 Å². The lowest BCUT2D eigenvalue weighted by molar-refractivity contribution is -0.00213. The van der Waals surface area contributed by atoms with Crippen LogP contribution in [0.3, 0.4) is 0 Å². The normalized spacial score (nSPS) is 17.7. The molecule has 118 valence electrons. The summed E-state index contributed by atoms with van der Waals surface area (Å²) in [5, 5.41) is 9.01. The topological polar surface area (TPSA) is 58.3 Å². The summed E-state index contributed by atoms with van der Waals surface area (Å²) < 4.78 is 7.29. The van der Waals surface area contributed by atoms with E-state index in [1.165, 1.54) is 5.56 Å². The van der Waals surface area contributed by atoms with Gasteiger partial charge in [-0.3, -0.25) is 4.79 Å². The van der Waals surface area contributed by atoms with Gasteiger partial charge in [0.1, 0.15) is 11.8 Å². The molecule has 5 nitrogen and oxygen atoms in total. The quantitative estimate of drug-likeness (QED) is 0.871. The number of rotatable bonds is 3. The molecular weight excluding hydrogens is 290 g/mol. The van der Waals surface area contributed by atoms with Crippen molar-refractivity contribution in [3.63, 3.8) is 0 Å². The highest BCUT2D eigenvalue weighted by molar-refractivity contribution is 5.93. The standard InChI is InChI=1S/C18H19N3O2/c1-20-12-15(11-19)10-17(20)18(22)21-7-8-23-13-16(21)9-14-5-3-2-4-6-14/h2-6,10,12,16H,7-9,13H2,1H3/t16-/m0/s1. The van der Waals surface area contributed by atoms with Crippen molar-refractivity contribution in [1.29, 1.82) is 5.26 Å². The molecule has 0 bridgehead atoms. The minimum Gasteiger partial charge on any atom is -0.377 e. The zero-order chi connectivity index (χ0) is 16.2. The van der Waals surface area contributed by atoms with Crippen LogP contribution in [0, 0.1) is 11.3 Å². The van der Waals surface area contributed by atoms with Crippen LogP contribution in [0.25, 0.3) is 0 Å². The Bertz CT molecular complexity index is 730. The SMILES string of the molecule is Cn1cc(C#N)cc1C(=O)N1CCOC[C@@H]1Cc1ccccc1. The first-order valence-corrected chi connectivity index (χ1v) is 7.68. The van der Waals surface area contributed by atoms with E-state index in [9.17, 15) is 4.79 Å². The zero-order valence-corrected chi connectivity index (χ0v) is 13.1. The Morgan fingerprint density at radius 3 is 2.87 bits per heavy atom. The summed E-state index contributed by atoms with van der Waals surface area (Å²) in [6.07, 6.45) is 2.45. The van der Waals surface area contributed by atoms with Crippen molar-refractivity contribution in [1.82, 2.24) is 9.47 Å². The molecule has 0 spiro atoms. The van der Waals surface area contributed by atoms with E-state index in [0.29, 0.717) is 31.0 Å². The zero-order valence-electron chi connectivity index (χ0n) is 13.1. The third-order valence-electron chi connectivity index (χ3n) is 4.16. The molecule has 0 unspecified atom stereocenters. The van der Waals surface area contributed by atoms with Crippen LogP contribution in [-0.2, 0) is 18.2 Å². The lowest BCUT2D eigenvalue weighted by Gasteiger charge is -2.35. The van der Waals surface area contributed by atoms with E-state index >= 15 is 0 Å². The van der Waals surface area contributed by atoms with Crippen molar-refractivity contribution in [2.45, 2.75) is 12.5 Å². The Hall–Kier alpha value is -2.58. The predicted octanol–water partition coefficient (Wildman–Crippen LogP) is 1.98. The summed E-state index contributed by atoms with van der Waals surface area (Å²) in [4.78, 5) is 14.8. The monoisotopic (exact) mass is 309 g/mol. The van der Waals surface area contributed by atoms with Gasteiger partial charge < -0.3 is 14.2 Å². The summed E-state index contributed by atoms with van der Waals surface area (Å²) in [6, 6.07) is 13.9. The van der Waals surface area contributed by atoms with E-state index in [2.05, 4.69) is 18.2 Å². The lowest BCUT2D eigenvalue weighted by atomic mass is 10.0. The number of morpholine rings is 1. The average molecular weight is 309 g/mol. The van der Waals surface area contributed by atoms with Gasteiger partial charge in [0.05, 0.1) is 24.8 Å². The van der Waals surface area contributed by atoms with Gasteiger partial charge in [-0.2, -0.15) is 5.26 Å². The number of nitrogens with zero attached hydrogens (tertiary/aromatic N) is 3. The Labute approximate surface area is 135 Å². The second-order valence-corrected chi connectivity index (χ2v) is 5.75. The van der Waals surface area contributed by atoms with Crippen LogP contribution >= 0.6 is 0 Å². The Morgan fingerprint density at radius 2 is 2.17 bits per heavy atom. The van der Waals surface area contributed by atoms with Crippen LogP contribution in [0.5, 0.6) is 0 Å². The molecule has 1 aromatic heterocycles. The molecule has 2 aromatic rings. The molecule has 1 fully saturated rings. The highest BCUT2D eigenvalue weighted by Gasteiger charge is 2.29. The van der Waals surface area contributed by atoms with E-state index in [4.69, 9.17) is 10.00 Å². The highest BCUT2D eigenvalue weighted by atomic mass is 16.5. The smallest absolute Gasteiger partial charge is 0.270 e. The third-order valence-corrected chi connectivity index (χ3v) is 4.16. The number of benzene rings is 1. The Balaban J connectivity index is 1.82. The first-order valence-electron chi connectivity index (χ1n) is 7.68. The summed E-state index contributed by atoms with van der Waals surface area (Å²) in [6.45, 7) is 1.66. The number of hydrogen-bond acceptors (Lipinski definition) is 3.